The van der Waals surface area contributed by atoms with Crippen LogP contribution >= 0.6 is 11.6 Å². The van der Waals surface area contributed by atoms with Crippen LogP contribution in [-0.4, -0.2) is 16.1 Å². The van der Waals surface area contributed by atoms with Gasteiger partial charge in [0.05, 0.1) is 11.9 Å². The minimum atomic E-state index is -0.495. The third-order valence-electron chi connectivity index (χ3n) is 3.50. The van der Waals surface area contributed by atoms with Crippen LogP contribution in [0.1, 0.15) is 5.56 Å². The molecule has 0 unspecified atom stereocenters. The second-order valence-corrected chi connectivity index (χ2v) is 5.63. The van der Waals surface area contributed by atoms with Crippen LogP contribution in [0.4, 0.5) is 5.69 Å². The van der Waals surface area contributed by atoms with Crippen molar-refractivity contribution in [2.75, 3.05) is 5.32 Å². The second kappa shape index (κ2) is 7.47. The number of H-pyrrole nitrogens is 1. The van der Waals surface area contributed by atoms with Crippen molar-refractivity contribution in [3.8, 4) is 17.3 Å². The summed E-state index contributed by atoms with van der Waals surface area (Å²) in [5.41, 5.74) is 2.86. The Kier molecular flexibility index (Phi) is 4.93. The number of nitrogens with one attached hydrogen (secondary N) is 2. The highest BCUT2D eigenvalue weighted by Gasteiger charge is 2.12. The number of hydrogen-bond donors (Lipinski definition) is 2. The summed E-state index contributed by atoms with van der Waals surface area (Å²) in [6.07, 6.45) is 3.09. The van der Waals surface area contributed by atoms with Crippen molar-refractivity contribution in [1.82, 2.24) is 10.2 Å². The fourth-order valence-corrected chi connectivity index (χ4v) is 2.40. The minimum Gasteiger partial charge on any atom is -0.321 e. The van der Waals surface area contributed by atoms with Gasteiger partial charge in [-0.05, 0) is 30.3 Å². The van der Waals surface area contributed by atoms with Crippen molar-refractivity contribution in [2.24, 2.45) is 0 Å². The van der Waals surface area contributed by atoms with E-state index in [1.807, 2.05) is 36.4 Å². The van der Waals surface area contributed by atoms with E-state index in [1.54, 1.807) is 30.5 Å². The van der Waals surface area contributed by atoms with Crippen LogP contribution in [0.5, 0.6) is 0 Å². The Labute approximate surface area is 149 Å². The fourth-order valence-electron chi connectivity index (χ4n) is 2.28. The molecule has 6 heteroatoms. The minimum absolute atomic E-state index is 0.0199. The largest absolute Gasteiger partial charge is 0.321 e. The first-order valence-electron chi connectivity index (χ1n) is 7.45. The third-order valence-corrected chi connectivity index (χ3v) is 3.75. The summed E-state index contributed by atoms with van der Waals surface area (Å²) < 4.78 is 0. The highest BCUT2D eigenvalue weighted by molar-refractivity contribution is 6.30. The van der Waals surface area contributed by atoms with Crippen molar-refractivity contribution < 1.29 is 4.79 Å². The summed E-state index contributed by atoms with van der Waals surface area (Å²) in [6.45, 7) is 0. The van der Waals surface area contributed by atoms with Crippen molar-refractivity contribution in [1.29, 1.82) is 5.26 Å². The summed E-state index contributed by atoms with van der Waals surface area (Å²) in [6, 6.07) is 18.2. The lowest BCUT2D eigenvalue weighted by atomic mass is 10.1. The van der Waals surface area contributed by atoms with E-state index in [9.17, 15) is 10.1 Å². The van der Waals surface area contributed by atoms with Crippen LogP contribution in [0.3, 0.4) is 0 Å². The highest BCUT2D eigenvalue weighted by atomic mass is 35.5. The van der Waals surface area contributed by atoms with Gasteiger partial charge in [0.15, 0.2) is 0 Å². The number of aromatic nitrogens is 2. The summed E-state index contributed by atoms with van der Waals surface area (Å²) in [7, 11) is 0. The van der Waals surface area contributed by atoms with Gasteiger partial charge in [0.1, 0.15) is 11.6 Å². The summed E-state index contributed by atoms with van der Waals surface area (Å²) in [4.78, 5) is 12.3. The van der Waals surface area contributed by atoms with E-state index >= 15 is 0 Å². The zero-order valence-electron chi connectivity index (χ0n) is 13.0. The van der Waals surface area contributed by atoms with Gasteiger partial charge in [-0.2, -0.15) is 10.4 Å². The van der Waals surface area contributed by atoms with Gasteiger partial charge in [0.2, 0.25) is 0 Å². The van der Waals surface area contributed by atoms with Gasteiger partial charge in [0, 0.05) is 21.8 Å². The Bertz CT molecular complexity index is 953. The molecule has 0 aliphatic carbocycles. The molecule has 0 radical (unpaired) electrons. The van der Waals surface area contributed by atoms with E-state index in [0.717, 1.165) is 11.3 Å². The number of nitriles is 1. The zero-order chi connectivity index (χ0) is 17.6. The SMILES string of the molecule is N#C/C(=C/c1cn[nH]c1-c1ccccc1)C(=O)Nc1ccc(Cl)cc1. The third kappa shape index (κ3) is 3.94. The maximum Gasteiger partial charge on any atom is 0.266 e. The molecule has 0 aliphatic heterocycles. The molecule has 0 bridgehead atoms. The number of rotatable bonds is 4. The monoisotopic (exact) mass is 348 g/mol. The number of aromatic amines is 1. The molecule has 1 heterocycles. The number of amides is 1. The molecule has 3 aromatic rings. The predicted molar refractivity (Wildman–Crippen MR) is 97.7 cm³/mol. The van der Waals surface area contributed by atoms with E-state index in [4.69, 9.17) is 11.6 Å². The van der Waals surface area contributed by atoms with E-state index in [2.05, 4.69) is 15.5 Å². The maximum absolute atomic E-state index is 12.3. The average molecular weight is 349 g/mol. The highest BCUT2D eigenvalue weighted by Crippen LogP contribution is 2.23. The molecular formula is C19H13ClN4O. The number of nitrogens with zero attached hydrogens (tertiary/aromatic N) is 2. The molecule has 0 aliphatic rings. The number of carbonyl (C=O) groups excluding carboxylic acids is 1. The van der Waals surface area contributed by atoms with E-state index in [-0.39, 0.29) is 5.57 Å². The Hall–Kier alpha value is -3.36. The standard InChI is InChI=1S/C19H13ClN4O/c20-16-6-8-17(9-7-16)23-19(25)14(11-21)10-15-12-22-24-18(15)13-4-2-1-3-5-13/h1-10,12H,(H,22,24)(H,23,25)/b14-10-. The predicted octanol–water partition coefficient (Wildman–Crippen LogP) is 4.28. The quantitative estimate of drug-likeness (QED) is 0.545. The Morgan fingerprint density at radius 3 is 2.56 bits per heavy atom. The molecule has 1 aromatic heterocycles. The van der Waals surface area contributed by atoms with Gasteiger partial charge >= 0.3 is 0 Å². The lowest BCUT2D eigenvalue weighted by molar-refractivity contribution is -0.112. The van der Waals surface area contributed by atoms with Gasteiger partial charge < -0.3 is 5.32 Å². The Balaban J connectivity index is 1.86. The molecule has 5 nitrogen and oxygen atoms in total. The Morgan fingerprint density at radius 1 is 1.16 bits per heavy atom. The molecule has 2 aromatic carbocycles. The van der Waals surface area contributed by atoms with Crippen molar-refractivity contribution >= 4 is 29.3 Å². The van der Waals surface area contributed by atoms with E-state index < -0.39 is 5.91 Å². The van der Waals surface area contributed by atoms with Crippen molar-refractivity contribution in [3.63, 3.8) is 0 Å². The molecule has 3 rings (SSSR count). The topological polar surface area (TPSA) is 81.6 Å². The van der Waals surface area contributed by atoms with Crippen LogP contribution in [0.2, 0.25) is 5.02 Å². The number of benzene rings is 2. The first kappa shape index (κ1) is 16.5. The van der Waals surface area contributed by atoms with E-state index in [0.29, 0.717) is 16.3 Å². The van der Waals surface area contributed by atoms with Gasteiger partial charge in [-0.3, -0.25) is 9.89 Å². The lowest BCUT2D eigenvalue weighted by Gasteiger charge is -2.04. The second-order valence-electron chi connectivity index (χ2n) is 5.20. The molecule has 0 fully saturated rings. The van der Waals surface area contributed by atoms with E-state index in [1.165, 1.54) is 6.08 Å². The van der Waals surface area contributed by atoms with Crippen molar-refractivity contribution in [2.45, 2.75) is 0 Å². The van der Waals surface area contributed by atoms with Gasteiger partial charge in [-0.25, -0.2) is 0 Å². The average Bonchev–Trinajstić information content (AvgIpc) is 3.10. The number of carbonyl (C=O) groups is 1. The number of hydrogen-bond acceptors (Lipinski definition) is 3. The molecule has 25 heavy (non-hydrogen) atoms. The van der Waals surface area contributed by atoms with Crippen LogP contribution in [0, 0.1) is 11.3 Å². The number of halogens is 1. The number of anilines is 1. The van der Waals surface area contributed by atoms with Gasteiger partial charge in [-0.1, -0.05) is 41.9 Å². The zero-order valence-corrected chi connectivity index (χ0v) is 13.8. The molecule has 122 valence electrons. The molecule has 0 spiro atoms. The summed E-state index contributed by atoms with van der Waals surface area (Å²) in [5, 5.41) is 19.5. The van der Waals surface area contributed by atoms with Gasteiger partial charge in [-0.15, -0.1) is 0 Å². The van der Waals surface area contributed by atoms with Crippen molar-refractivity contribution in [3.05, 3.63) is 77.0 Å². The molecule has 0 atom stereocenters. The van der Waals surface area contributed by atoms with Crippen LogP contribution in [0.15, 0.2) is 66.4 Å². The molecule has 2 N–H and O–H groups in total. The molecular weight excluding hydrogens is 336 g/mol. The first-order valence-corrected chi connectivity index (χ1v) is 7.82. The smallest absolute Gasteiger partial charge is 0.266 e. The molecule has 1 amide bonds. The Morgan fingerprint density at radius 2 is 1.88 bits per heavy atom. The molecule has 0 saturated heterocycles. The summed E-state index contributed by atoms with van der Waals surface area (Å²) >= 11 is 5.82. The summed E-state index contributed by atoms with van der Waals surface area (Å²) in [5.74, 6) is -0.495. The normalized spacial score (nSPS) is 11.0. The van der Waals surface area contributed by atoms with Crippen LogP contribution < -0.4 is 5.32 Å². The fraction of sp³-hybridized carbons (Fsp3) is 0. The first-order chi connectivity index (χ1) is 12.2. The molecule has 0 saturated carbocycles. The maximum atomic E-state index is 12.3. The van der Waals surface area contributed by atoms with Gasteiger partial charge in [0.25, 0.3) is 5.91 Å². The van der Waals surface area contributed by atoms with Crippen LogP contribution in [-0.2, 0) is 4.79 Å². The van der Waals surface area contributed by atoms with Crippen LogP contribution in [0.25, 0.3) is 17.3 Å². The lowest BCUT2D eigenvalue weighted by Crippen LogP contribution is -2.13.